The van der Waals surface area contributed by atoms with Gasteiger partial charge in [0, 0.05) is 16.1 Å². The first-order chi connectivity index (χ1) is 15.8. The predicted molar refractivity (Wildman–Crippen MR) is 132 cm³/mol. The van der Waals surface area contributed by atoms with Gasteiger partial charge in [-0.2, -0.15) is 0 Å². The lowest BCUT2D eigenvalue weighted by molar-refractivity contribution is -0.132. The lowest BCUT2D eigenvalue weighted by Crippen LogP contribution is -2.29. The number of amides is 1. The summed E-state index contributed by atoms with van der Waals surface area (Å²) in [6.07, 6.45) is 0. The Bertz CT molecular complexity index is 1210. The fourth-order valence-corrected chi connectivity index (χ4v) is 4.88. The number of ether oxygens (including phenoxy) is 1. The van der Waals surface area contributed by atoms with E-state index >= 15 is 0 Å². The van der Waals surface area contributed by atoms with Crippen molar-refractivity contribution in [1.82, 2.24) is 0 Å². The van der Waals surface area contributed by atoms with Crippen molar-refractivity contribution >= 4 is 34.5 Å². The number of anilines is 1. The Labute approximate surface area is 197 Å². The lowest BCUT2D eigenvalue weighted by atomic mass is 9.99. The molecule has 1 atom stereocenters. The summed E-state index contributed by atoms with van der Waals surface area (Å²) in [5, 5.41) is 13.2. The molecular weight excluding hydrogens is 434 g/mol. The molecule has 2 aromatic carbocycles. The molecule has 1 aliphatic rings. The zero-order chi connectivity index (χ0) is 23.7. The Balaban J connectivity index is 1.85. The van der Waals surface area contributed by atoms with Crippen LogP contribution in [0.3, 0.4) is 0 Å². The van der Waals surface area contributed by atoms with Crippen molar-refractivity contribution in [3.8, 4) is 5.75 Å². The predicted octanol–water partition coefficient (Wildman–Crippen LogP) is 6.03. The highest BCUT2D eigenvalue weighted by atomic mass is 32.1. The fraction of sp³-hybridized carbons (Fsp3) is 0.259. The number of rotatable bonds is 6. The van der Waals surface area contributed by atoms with Crippen LogP contribution in [-0.4, -0.2) is 23.4 Å². The van der Waals surface area contributed by atoms with Crippen LogP contribution in [-0.2, 0) is 9.59 Å². The van der Waals surface area contributed by atoms with E-state index in [1.165, 1.54) is 16.2 Å². The van der Waals surface area contributed by atoms with Crippen LogP contribution >= 0.6 is 11.3 Å². The number of benzene rings is 2. The van der Waals surface area contributed by atoms with Crippen molar-refractivity contribution in [3.05, 3.63) is 87.1 Å². The van der Waals surface area contributed by atoms with Crippen LogP contribution in [0.1, 0.15) is 41.5 Å². The maximum atomic E-state index is 13.2. The van der Waals surface area contributed by atoms with Gasteiger partial charge in [0.05, 0.1) is 12.2 Å². The molecule has 170 valence electrons. The lowest BCUT2D eigenvalue weighted by Gasteiger charge is -2.25. The van der Waals surface area contributed by atoms with E-state index in [1.807, 2.05) is 55.6 Å². The van der Waals surface area contributed by atoms with Gasteiger partial charge < -0.3 is 9.84 Å². The van der Waals surface area contributed by atoms with Gasteiger partial charge in [0.2, 0.25) is 0 Å². The van der Waals surface area contributed by atoms with Crippen molar-refractivity contribution in [2.45, 2.75) is 33.7 Å². The van der Waals surface area contributed by atoms with Crippen molar-refractivity contribution in [2.75, 3.05) is 11.5 Å². The Morgan fingerprint density at radius 2 is 1.79 bits per heavy atom. The average molecular weight is 462 g/mol. The van der Waals surface area contributed by atoms with E-state index in [9.17, 15) is 14.7 Å². The number of carbonyl (C=O) groups is 2. The molecular formula is C27H27NO4S. The molecule has 0 saturated carbocycles. The summed E-state index contributed by atoms with van der Waals surface area (Å²) in [6, 6.07) is 15.8. The summed E-state index contributed by atoms with van der Waals surface area (Å²) in [7, 11) is 0. The van der Waals surface area contributed by atoms with Crippen molar-refractivity contribution < 1.29 is 19.4 Å². The molecule has 1 aliphatic heterocycles. The van der Waals surface area contributed by atoms with E-state index in [1.54, 1.807) is 18.2 Å². The molecule has 1 N–H and O–H groups in total. The van der Waals surface area contributed by atoms with E-state index < -0.39 is 17.7 Å². The van der Waals surface area contributed by atoms with Gasteiger partial charge in [-0.05, 0) is 66.6 Å². The van der Waals surface area contributed by atoms with Crippen molar-refractivity contribution in [3.63, 3.8) is 0 Å². The number of thiophene rings is 1. The van der Waals surface area contributed by atoms with E-state index in [0.717, 1.165) is 16.0 Å². The van der Waals surface area contributed by atoms with Crippen LogP contribution in [0.2, 0.25) is 0 Å². The zero-order valence-corrected chi connectivity index (χ0v) is 20.0. The van der Waals surface area contributed by atoms with Crippen molar-refractivity contribution in [2.24, 2.45) is 5.92 Å². The number of aryl methyl sites for hydroxylation is 2. The number of aliphatic hydroxyl groups is 1. The maximum Gasteiger partial charge on any atom is 0.300 e. The highest BCUT2D eigenvalue weighted by Gasteiger charge is 2.47. The standard InChI is InChI=1S/C27H27NO4S/c1-16(2)15-32-21-8-5-7-19(14-21)25(29)23-24(22-9-6-10-33-22)28(27(31)26(23)30)20-12-17(3)11-18(4)13-20/h5-14,16,24,29H,15H2,1-4H3/b25-23-. The molecule has 6 heteroatoms. The number of carbonyl (C=O) groups excluding carboxylic acids is 2. The van der Waals surface area contributed by atoms with Crippen molar-refractivity contribution in [1.29, 1.82) is 0 Å². The summed E-state index contributed by atoms with van der Waals surface area (Å²) in [5.41, 5.74) is 3.15. The molecule has 0 spiro atoms. The highest BCUT2D eigenvalue weighted by Crippen LogP contribution is 2.44. The normalized spacial score (nSPS) is 17.7. The third-order valence-electron chi connectivity index (χ3n) is 5.43. The summed E-state index contributed by atoms with van der Waals surface area (Å²) in [4.78, 5) is 28.8. The van der Waals surface area contributed by atoms with E-state index in [0.29, 0.717) is 29.5 Å². The Morgan fingerprint density at radius 1 is 1.06 bits per heavy atom. The largest absolute Gasteiger partial charge is 0.507 e. The quantitative estimate of drug-likeness (QED) is 0.277. The highest BCUT2D eigenvalue weighted by molar-refractivity contribution is 7.10. The van der Waals surface area contributed by atoms with Crippen LogP contribution in [0, 0.1) is 19.8 Å². The minimum Gasteiger partial charge on any atom is -0.507 e. The van der Waals surface area contributed by atoms with E-state index in [4.69, 9.17) is 4.74 Å². The van der Waals surface area contributed by atoms with Crippen LogP contribution in [0.4, 0.5) is 5.69 Å². The second-order valence-corrected chi connectivity index (χ2v) is 9.74. The number of hydrogen-bond donors (Lipinski definition) is 1. The zero-order valence-electron chi connectivity index (χ0n) is 19.2. The second-order valence-electron chi connectivity index (χ2n) is 8.76. The summed E-state index contributed by atoms with van der Waals surface area (Å²) in [5.74, 6) is -0.590. The van der Waals surface area contributed by atoms with Crippen LogP contribution in [0.15, 0.2) is 65.6 Å². The van der Waals surface area contributed by atoms with Gasteiger partial charge in [-0.3, -0.25) is 14.5 Å². The van der Waals surface area contributed by atoms with Gasteiger partial charge >= 0.3 is 0 Å². The molecule has 33 heavy (non-hydrogen) atoms. The number of aliphatic hydroxyl groups excluding tert-OH is 1. The molecule has 0 aliphatic carbocycles. The SMILES string of the molecule is Cc1cc(C)cc(N2C(=O)C(=O)/C(=C(\O)c3cccc(OCC(C)C)c3)C2c2cccs2)c1. The molecule has 2 heterocycles. The van der Waals surface area contributed by atoms with Gasteiger partial charge in [-0.25, -0.2) is 0 Å². The minimum atomic E-state index is -0.702. The van der Waals surface area contributed by atoms with Gasteiger partial charge in [0.25, 0.3) is 11.7 Å². The Kier molecular flexibility index (Phi) is 6.38. The van der Waals surface area contributed by atoms with Crippen LogP contribution in [0.25, 0.3) is 5.76 Å². The number of hydrogen-bond acceptors (Lipinski definition) is 5. The Hall–Kier alpha value is -3.38. The third-order valence-corrected chi connectivity index (χ3v) is 6.36. The summed E-state index contributed by atoms with van der Waals surface area (Å²) >= 11 is 1.45. The average Bonchev–Trinajstić information content (AvgIpc) is 3.38. The third kappa shape index (κ3) is 4.57. The molecule has 5 nitrogen and oxygen atoms in total. The van der Waals surface area contributed by atoms with Gasteiger partial charge in [0.1, 0.15) is 17.6 Å². The Morgan fingerprint density at radius 3 is 2.42 bits per heavy atom. The molecule has 3 aromatic rings. The molecule has 1 fully saturated rings. The summed E-state index contributed by atoms with van der Waals surface area (Å²) in [6.45, 7) is 8.56. The first-order valence-corrected chi connectivity index (χ1v) is 11.8. The molecule has 0 radical (unpaired) electrons. The van der Waals surface area contributed by atoms with Gasteiger partial charge in [-0.15, -0.1) is 11.3 Å². The van der Waals surface area contributed by atoms with E-state index in [-0.39, 0.29) is 11.3 Å². The fourth-order valence-electron chi connectivity index (χ4n) is 4.06. The maximum absolute atomic E-state index is 13.2. The smallest absolute Gasteiger partial charge is 0.300 e. The first kappa shape index (κ1) is 22.8. The van der Waals surface area contributed by atoms with Crippen LogP contribution < -0.4 is 9.64 Å². The number of ketones is 1. The minimum absolute atomic E-state index is 0.0858. The molecule has 1 unspecified atom stereocenters. The second kappa shape index (κ2) is 9.24. The summed E-state index contributed by atoms with van der Waals surface area (Å²) < 4.78 is 5.79. The molecule has 4 rings (SSSR count). The first-order valence-electron chi connectivity index (χ1n) is 10.9. The number of Topliss-reactive ketones (excluding diaryl/α,β-unsaturated/α-hetero) is 1. The molecule has 1 saturated heterocycles. The molecule has 0 bridgehead atoms. The molecule has 1 amide bonds. The van der Waals surface area contributed by atoms with Crippen LogP contribution in [0.5, 0.6) is 5.75 Å². The van der Waals surface area contributed by atoms with Gasteiger partial charge in [0.15, 0.2) is 0 Å². The topological polar surface area (TPSA) is 66.8 Å². The van der Waals surface area contributed by atoms with E-state index in [2.05, 4.69) is 13.8 Å². The molecule has 1 aromatic heterocycles. The monoisotopic (exact) mass is 461 g/mol. The number of nitrogens with zero attached hydrogens (tertiary/aromatic N) is 1. The van der Waals surface area contributed by atoms with Gasteiger partial charge in [-0.1, -0.05) is 38.1 Å².